The molecular formula is C10H10S2. The molecule has 12 heavy (non-hydrogen) atoms. The molecule has 2 rings (SSSR count). The first kappa shape index (κ1) is 8.14. The van der Waals surface area contributed by atoms with Gasteiger partial charge < -0.3 is 0 Å². The number of aryl methyl sites for hydroxylation is 1. The van der Waals surface area contributed by atoms with Gasteiger partial charge in [-0.15, -0.1) is 23.1 Å². The van der Waals surface area contributed by atoms with Crippen molar-refractivity contribution in [1.29, 1.82) is 0 Å². The summed E-state index contributed by atoms with van der Waals surface area (Å²) in [4.78, 5) is 0. The molecule has 0 radical (unpaired) electrons. The van der Waals surface area contributed by atoms with Crippen molar-refractivity contribution in [1.82, 2.24) is 0 Å². The van der Waals surface area contributed by atoms with Gasteiger partial charge in [0.15, 0.2) is 0 Å². The molecule has 1 heterocycles. The van der Waals surface area contributed by atoms with Crippen LogP contribution in [0, 0.1) is 6.92 Å². The highest BCUT2D eigenvalue weighted by molar-refractivity contribution is 8.00. The smallest absolute Gasteiger partial charge is 0.0637 e. The van der Waals surface area contributed by atoms with Crippen LogP contribution in [0.4, 0.5) is 0 Å². The maximum absolute atomic E-state index is 2.20. The molecule has 0 atom stereocenters. The molecule has 0 aliphatic carbocycles. The maximum Gasteiger partial charge on any atom is 0.0637 e. The number of thioether (sulfide) groups is 1. The number of thiophene rings is 1. The van der Waals surface area contributed by atoms with Crippen molar-refractivity contribution in [2.75, 3.05) is 6.26 Å². The molecule has 1 aromatic carbocycles. The van der Waals surface area contributed by atoms with Crippen LogP contribution in [-0.2, 0) is 0 Å². The fourth-order valence-corrected chi connectivity index (χ4v) is 3.31. The third-order valence-electron chi connectivity index (χ3n) is 1.99. The van der Waals surface area contributed by atoms with E-state index >= 15 is 0 Å². The fraction of sp³-hybridized carbons (Fsp3) is 0.200. The largest absolute Gasteiger partial charge is 0.129 e. The van der Waals surface area contributed by atoms with E-state index in [9.17, 15) is 0 Å². The van der Waals surface area contributed by atoms with E-state index in [-0.39, 0.29) is 0 Å². The van der Waals surface area contributed by atoms with Crippen molar-refractivity contribution in [3.8, 4) is 0 Å². The second-order valence-corrected chi connectivity index (χ2v) is 4.84. The number of hydrogen-bond donors (Lipinski definition) is 0. The average Bonchev–Trinajstić information content (AvgIpc) is 2.44. The number of hydrogen-bond acceptors (Lipinski definition) is 2. The fourth-order valence-electron chi connectivity index (χ4n) is 1.35. The van der Waals surface area contributed by atoms with Gasteiger partial charge in [-0.05, 0) is 30.2 Å². The van der Waals surface area contributed by atoms with Gasteiger partial charge in [-0.25, -0.2) is 0 Å². The molecule has 0 spiro atoms. The molecule has 0 aliphatic rings. The van der Waals surface area contributed by atoms with Crippen LogP contribution in [-0.4, -0.2) is 6.26 Å². The summed E-state index contributed by atoms with van der Waals surface area (Å²) in [6, 6.07) is 8.59. The molecular weight excluding hydrogens is 184 g/mol. The third kappa shape index (κ3) is 1.15. The van der Waals surface area contributed by atoms with Gasteiger partial charge in [0, 0.05) is 4.70 Å². The van der Waals surface area contributed by atoms with Crippen LogP contribution in [0.3, 0.4) is 0 Å². The van der Waals surface area contributed by atoms with Crippen molar-refractivity contribution in [3.05, 3.63) is 29.8 Å². The van der Waals surface area contributed by atoms with Crippen molar-refractivity contribution in [3.63, 3.8) is 0 Å². The predicted molar refractivity (Wildman–Crippen MR) is 58.3 cm³/mol. The summed E-state index contributed by atoms with van der Waals surface area (Å²) in [5.74, 6) is 0. The number of rotatable bonds is 1. The molecule has 0 aliphatic heterocycles. The lowest BCUT2D eigenvalue weighted by atomic mass is 10.2. The Morgan fingerprint density at radius 2 is 2.00 bits per heavy atom. The van der Waals surface area contributed by atoms with Crippen LogP contribution in [0.1, 0.15) is 5.56 Å². The lowest BCUT2D eigenvalue weighted by Crippen LogP contribution is -1.68. The standard InChI is InChI=1S/C10H10S2/c1-7-8-5-3-4-6-9(8)12-10(7)11-2/h3-6H,1-2H3. The highest BCUT2D eigenvalue weighted by Gasteiger charge is 2.05. The van der Waals surface area contributed by atoms with Gasteiger partial charge in [-0.1, -0.05) is 18.2 Å². The zero-order chi connectivity index (χ0) is 8.55. The minimum Gasteiger partial charge on any atom is -0.129 e. The molecule has 0 bridgehead atoms. The quantitative estimate of drug-likeness (QED) is 0.620. The van der Waals surface area contributed by atoms with Gasteiger partial charge in [0.05, 0.1) is 4.21 Å². The van der Waals surface area contributed by atoms with Gasteiger partial charge in [0.2, 0.25) is 0 Å². The third-order valence-corrected chi connectivity index (χ3v) is 4.48. The highest BCUT2D eigenvalue weighted by atomic mass is 32.2. The Labute approximate surface area is 80.6 Å². The van der Waals surface area contributed by atoms with Crippen molar-refractivity contribution in [2.45, 2.75) is 11.1 Å². The molecule has 0 nitrogen and oxygen atoms in total. The van der Waals surface area contributed by atoms with Crippen molar-refractivity contribution in [2.24, 2.45) is 0 Å². The van der Waals surface area contributed by atoms with Crippen molar-refractivity contribution >= 4 is 33.2 Å². The SMILES string of the molecule is CSc1sc2ccccc2c1C. The summed E-state index contributed by atoms with van der Waals surface area (Å²) in [7, 11) is 0. The number of fused-ring (bicyclic) bond motifs is 1. The van der Waals surface area contributed by atoms with E-state index in [2.05, 4.69) is 37.4 Å². The topological polar surface area (TPSA) is 0 Å². The first-order valence-electron chi connectivity index (χ1n) is 3.85. The Morgan fingerprint density at radius 1 is 1.25 bits per heavy atom. The van der Waals surface area contributed by atoms with E-state index in [1.54, 1.807) is 0 Å². The van der Waals surface area contributed by atoms with Gasteiger partial charge >= 0.3 is 0 Å². The molecule has 0 saturated carbocycles. The Morgan fingerprint density at radius 3 is 2.67 bits per heavy atom. The summed E-state index contributed by atoms with van der Waals surface area (Å²) in [6.07, 6.45) is 2.14. The van der Waals surface area contributed by atoms with E-state index in [0.29, 0.717) is 0 Å². The van der Waals surface area contributed by atoms with Gasteiger partial charge in [-0.3, -0.25) is 0 Å². The Balaban J connectivity index is 2.78. The molecule has 0 N–H and O–H groups in total. The minimum absolute atomic E-state index is 1.40. The predicted octanol–water partition coefficient (Wildman–Crippen LogP) is 3.93. The first-order valence-corrected chi connectivity index (χ1v) is 5.89. The van der Waals surface area contributed by atoms with E-state index < -0.39 is 0 Å². The lowest BCUT2D eigenvalue weighted by molar-refractivity contribution is 1.47. The molecule has 2 heteroatoms. The zero-order valence-corrected chi connectivity index (χ0v) is 8.76. The summed E-state index contributed by atoms with van der Waals surface area (Å²) in [5.41, 5.74) is 1.43. The molecule has 0 saturated heterocycles. The zero-order valence-electron chi connectivity index (χ0n) is 7.13. The highest BCUT2D eigenvalue weighted by Crippen LogP contribution is 2.35. The van der Waals surface area contributed by atoms with E-state index in [1.165, 1.54) is 19.9 Å². The Bertz CT molecular complexity index is 401. The van der Waals surface area contributed by atoms with Crippen LogP contribution in [0.5, 0.6) is 0 Å². The van der Waals surface area contributed by atoms with E-state index in [0.717, 1.165) is 0 Å². The second kappa shape index (κ2) is 3.11. The van der Waals surface area contributed by atoms with Crippen LogP contribution in [0.15, 0.2) is 28.5 Å². The molecule has 62 valence electrons. The molecule has 1 aromatic heterocycles. The van der Waals surface area contributed by atoms with Gasteiger partial charge in [0.25, 0.3) is 0 Å². The first-order chi connectivity index (χ1) is 5.83. The summed E-state index contributed by atoms with van der Waals surface area (Å²) in [5, 5.41) is 1.41. The van der Waals surface area contributed by atoms with Gasteiger partial charge in [0.1, 0.15) is 0 Å². The maximum atomic E-state index is 2.20. The van der Waals surface area contributed by atoms with Crippen LogP contribution >= 0.6 is 23.1 Å². The van der Waals surface area contributed by atoms with E-state index in [1.807, 2.05) is 23.1 Å². The molecule has 0 unspecified atom stereocenters. The number of benzene rings is 1. The molecule has 0 fully saturated rings. The average molecular weight is 194 g/mol. The lowest BCUT2D eigenvalue weighted by Gasteiger charge is -1.90. The van der Waals surface area contributed by atoms with Crippen LogP contribution in [0.2, 0.25) is 0 Å². The summed E-state index contributed by atoms with van der Waals surface area (Å²) < 4.78 is 2.84. The summed E-state index contributed by atoms with van der Waals surface area (Å²) >= 11 is 3.73. The van der Waals surface area contributed by atoms with Gasteiger partial charge in [-0.2, -0.15) is 0 Å². The Hall–Kier alpha value is -0.470. The minimum atomic E-state index is 1.40. The second-order valence-electron chi connectivity index (χ2n) is 2.71. The normalized spacial score (nSPS) is 10.8. The van der Waals surface area contributed by atoms with Crippen molar-refractivity contribution < 1.29 is 0 Å². The Kier molecular flexibility index (Phi) is 2.11. The summed E-state index contributed by atoms with van der Waals surface area (Å²) in [6.45, 7) is 2.20. The van der Waals surface area contributed by atoms with Crippen LogP contribution in [0.25, 0.3) is 10.1 Å². The molecule has 0 amide bonds. The van der Waals surface area contributed by atoms with Crippen LogP contribution < -0.4 is 0 Å². The monoisotopic (exact) mass is 194 g/mol. The molecule has 2 aromatic rings. The van der Waals surface area contributed by atoms with E-state index in [4.69, 9.17) is 0 Å².